The Hall–Kier alpha value is -3.02. The molecule has 0 atom stereocenters. The molecule has 0 fully saturated rings. The number of hydrazone groups is 1. The van der Waals surface area contributed by atoms with E-state index in [1.54, 1.807) is 12.1 Å². The molecule has 2 amide bonds. The minimum Gasteiger partial charge on any atom is -0.317 e. The van der Waals surface area contributed by atoms with Gasteiger partial charge in [-0.15, -0.1) is 0 Å². The van der Waals surface area contributed by atoms with E-state index in [-0.39, 0.29) is 5.82 Å². The zero-order chi connectivity index (χ0) is 16.8. The van der Waals surface area contributed by atoms with Crippen molar-refractivity contribution in [3.05, 3.63) is 65.0 Å². The van der Waals surface area contributed by atoms with Crippen molar-refractivity contribution in [2.75, 3.05) is 5.32 Å². The standard InChI is InChI=1S/C17H16FN3O2/c1-11-4-3-5-15(12(11)2)20-16(22)17(23)21-19-10-13-6-8-14(18)9-7-13/h3-10H,1-2H3,(H,20,22)(H,21,23)/b19-10-. The van der Waals surface area contributed by atoms with E-state index in [2.05, 4.69) is 15.8 Å². The van der Waals surface area contributed by atoms with Gasteiger partial charge in [-0.3, -0.25) is 9.59 Å². The third-order valence-electron chi connectivity index (χ3n) is 3.31. The smallest absolute Gasteiger partial charge is 0.317 e. The van der Waals surface area contributed by atoms with Crippen molar-refractivity contribution < 1.29 is 14.0 Å². The van der Waals surface area contributed by atoms with Crippen LogP contribution in [0.1, 0.15) is 16.7 Å². The molecule has 0 bridgehead atoms. The van der Waals surface area contributed by atoms with Crippen LogP contribution in [0.3, 0.4) is 0 Å². The molecule has 118 valence electrons. The van der Waals surface area contributed by atoms with Crippen LogP contribution in [-0.4, -0.2) is 18.0 Å². The molecule has 2 aromatic carbocycles. The van der Waals surface area contributed by atoms with Crippen LogP contribution in [0.25, 0.3) is 0 Å². The first-order valence-electron chi connectivity index (χ1n) is 6.93. The average Bonchev–Trinajstić information content (AvgIpc) is 2.53. The van der Waals surface area contributed by atoms with Crippen molar-refractivity contribution in [2.45, 2.75) is 13.8 Å². The lowest BCUT2D eigenvalue weighted by Gasteiger charge is -2.09. The molecule has 0 heterocycles. The highest BCUT2D eigenvalue weighted by Gasteiger charge is 2.14. The van der Waals surface area contributed by atoms with Gasteiger partial charge in [-0.2, -0.15) is 5.10 Å². The van der Waals surface area contributed by atoms with Gasteiger partial charge in [-0.05, 0) is 48.7 Å². The fraction of sp³-hybridized carbons (Fsp3) is 0.118. The first kappa shape index (κ1) is 16.4. The first-order chi connectivity index (χ1) is 11.0. The maximum atomic E-state index is 12.7. The molecule has 0 spiro atoms. The van der Waals surface area contributed by atoms with Gasteiger partial charge in [-0.25, -0.2) is 9.82 Å². The largest absolute Gasteiger partial charge is 0.329 e. The quantitative estimate of drug-likeness (QED) is 0.519. The Labute approximate surface area is 133 Å². The first-order valence-corrected chi connectivity index (χ1v) is 6.93. The van der Waals surface area contributed by atoms with Crippen molar-refractivity contribution in [1.82, 2.24) is 5.43 Å². The predicted molar refractivity (Wildman–Crippen MR) is 86.7 cm³/mol. The molecule has 0 aliphatic rings. The second-order valence-electron chi connectivity index (χ2n) is 4.95. The Morgan fingerprint density at radius 2 is 1.74 bits per heavy atom. The van der Waals surface area contributed by atoms with Crippen molar-refractivity contribution >= 4 is 23.7 Å². The molecule has 2 N–H and O–H groups in total. The maximum Gasteiger partial charge on any atom is 0.329 e. The Morgan fingerprint density at radius 3 is 2.43 bits per heavy atom. The van der Waals surface area contributed by atoms with Gasteiger partial charge in [0, 0.05) is 5.69 Å². The van der Waals surface area contributed by atoms with Crippen molar-refractivity contribution in [1.29, 1.82) is 0 Å². The van der Waals surface area contributed by atoms with Gasteiger partial charge < -0.3 is 5.32 Å². The van der Waals surface area contributed by atoms with Gasteiger partial charge in [0.2, 0.25) is 0 Å². The lowest BCUT2D eigenvalue weighted by atomic mass is 10.1. The molecule has 2 rings (SSSR count). The molecule has 2 aromatic rings. The molecular formula is C17H16FN3O2. The van der Waals surface area contributed by atoms with Gasteiger partial charge >= 0.3 is 11.8 Å². The number of nitrogens with zero attached hydrogens (tertiary/aromatic N) is 1. The molecule has 0 aliphatic carbocycles. The summed E-state index contributed by atoms with van der Waals surface area (Å²) in [6.45, 7) is 3.77. The zero-order valence-electron chi connectivity index (χ0n) is 12.8. The van der Waals surface area contributed by atoms with Crippen molar-refractivity contribution in [3.63, 3.8) is 0 Å². The number of halogens is 1. The van der Waals surface area contributed by atoms with E-state index >= 15 is 0 Å². The van der Waals surface area contributed by atoms with Crippen LogP contribution in [0, 0.1) is 19.7 Å². The Balaban J connectivity index is 1.94. The van der Waals surface area contributed by atoms with E-state index in [4.69, 9.17) is 0 Å². The fourth-order valence-electron chi connectivity index (χ4n) is 1.83. The molecule has 0 saturated carbocycles. The second-order valence-corrected chi connectivity index (χ2v) is 4.95. The van der Waals surface area contributed by atoms with Crippen LogP contribution in [0.5, 0.6) is 0 Å². The number of carbonyl (C=O) groups excluding carboxylic acids is 2. The maximum absolute atomic E-state index is 12.7. The molecule has 5 nitrogen and oxygen atoms in total. The minimum absolute atomic E-state index is 0.362. The van der Waals surface area contributed by atoms with Crippen LogP contribution in [0.4, 0.5) is 10.1 Å². The number of benzene rings is 2. The highest BCUT2D eigenvalue weighted by Crippen LogP contribution is 2.17. The lowest BCUT2D eigenvalue weighted by Crippen LogP contribution is -2.32. The number of carbonyl (C=O) groups is 2. The van der Waals surface area contributed by atoms with E-state index in [1.807, 2.05) is 19.9 Å². The number of hydrogen-bond donors (Lipinski definition) is 2. The number of rotatable bonds is 3. The van der Waals surface area contributed by atoms with E-state index < -0.39 is 11.8 Å². The highest BCUT2D eigenvalue weighted by molar-refractivity contribution is 6.39. The van der Waals surface area contributed by atoms with Crippen molar-refractivity contribution in [3.8, 4) is 0 Å². The SMILES string of the molecule is Cc1cccc(NC(=O)C(=O)N/N=C\c2ccc(F)cc2)c1C. The number of aryl methyl sites for hydroxylation is 1. The third kappa shape index (κ3) is 4.47. The second kappa shape index (κ2) is 7.31. The molecule has 0 unspecified atom stereocenters. The number of hydrogen-bond acceptors (Lipinski definition) is 3. The molecule has 6 heteroatoms. The summed E-state index contributed by atoms with van der Waals surface area (Å²) in [6, 6.07) is 11.0. The molecule has 0 aliphatic heterocycles. The lowest BCUT2D eigenvalue weighted by molar-refractivity contribution is -0.136. The Kier molecular flexibility index (Phi) is 5.19. The monoisotopic (exact) mass is 313 g/mol. The summed E-state index contributed by atoms with van der Waals surface area (Å²) in [6.07, 6.45) is 1.32. The summed E-state index contributed by atoms with van der Waals surface area (Å²) >= 11 is 0. The summed E-state index contributed by atoms with van der Waals surface area (Å²) in [5, 5.41) is 6.20. The van der Waals surface area contributed by atoms with Crippen molar-refractivity contribution in [2.24, 2.45) is 5.10 Å². The van der Waals surface area contributed by atoms with E-state index in [0.29, 0.717) is 11.3 Å². The van der Waals surface area contributed by atoms with E-state index in [9.17, 15) is 14.0 Å². The van der Waals surface area contributed by atoms with Crippen LogP contribution < -0.4 is 10.7 Å². The Morgan fingerprint density at radius 1 is 1.04 bits per heavy atom. The minimum atomic E-state index is -0.885. The van der Waals surface area contributed by atoms with Gasteiger partial charge in [0.25, 0.3) is 0 Å². The third-order valence-corrected chi connectivity index (χ3v) is 3.31. The molecular weight excluding hydrogens is 297 g/mol. The normalized spacial score (nSPS) is 10.6. The van der Waals surface area contributed by atoms with Crippen LogP contribution in [-0.2, 0) is 9.59 Å². The van der Waals surface area contributed by atoms with Gasteiger partial charge in [0.15, 0.2) is 0 Å². The highest BCUT2D eigenvalue weighted by atomic mass is 19.1. The van der Waals surface area contributed by atoms with Crippen LogP contribution >= 0.6 is 0 Å². The molecule has 23 heavy (non-hydrogen) atoms. The summed E-state index contributed by atoms with van der Waals surface area (Å²) < 4.78 is 12.7. The van der Waals surface area contributed by atoms with Gasteiger partial charge in [0.05, 0.1) is 6.21 Å². The van der Waals surface area contributed by atoms with Gasteiger partial charge in [0.1, 0.15) is 5.82 Å². The van der Waals surface area contributed by atoms with E-state index in [1.165, 1.54) is 30.5 Å². The average molecular weight is 313 g/mol. The number of amides is 2. The zero-order valence-corrected chi connectivity index (χ0v) is 12.8. The fourth-order valence-corrected chi connectivity index (χ4v) is 1.83. The summed E-state index contributed by atoms with van der Waals surface area (Å²) in [4.78, 5) is 23.5. The summed E-state index contributed by atoms with van der Waals surface area (Å²) in [7, 11) is 0. The molecule has 0 aromatic heterocycles. The predicted octanol–water partition coefficient (Wildman–Crippen LogP) is 2.53. The topological polar surface area (TPSA) is 70.6 Å². The number of nitrogens with one attached hydrogen (secondary N) is 2. The Bertz CT molecular complexity index is 755. The van der Waals surface area contributed by atoms with E-state index in [0.717, 1.165) is 11.1 Å². The molecule has 0 radical (unpaired) electrons. The van der Waals surface area contributed by atoms with Crippen LogP contribution in [0.15, 0.2) is 47.6 Å². The summed E-state index contributed by atoms with van der Waals surface area (Å²) in [5.74, 6) is -2.06. The van der Waals surface area contributed by atoms with Crippen LogP contribution in [0.2, 0.25) is 0 Å². The molecule has 0 saturated heterocycles. The summed E-state index contributed by atoms with van der Waals surface area (Å²) in [5.41, 5.74) is 5.20. The number of anilines is 1. The van der Waals surface area contributed by atoms with Gasteiger partial charge in [-0.1, -0.05) is 24.3 Å².